The first-order chi connectivity index (χ1) is 8.31. The Labute approximate surface area is 98.6 Å². The molecular weight excluding hydrogens is 216 g/mol. The average Bonchev–Trinajstić information content (AvgIpc) is 2.90. The molecule has 1 atom stereocenters. The van der Waals surface area contributed by atoms with E-state index in [1.807, 2.05) is 12.1 Å². The molecule has 2 aromatic heterocycles. The number of carbonyl (C=O) groups is 1. The van der Waals surface area contributed by atoms with Crippen molar-refractivity contribution in [2.45, 2.75) is 6.04 Å². The van der Waals surface area contributed by atoms with E-state index in [2.05, 4.69) is 26.8 Å². The fourth-order valence-corrected chi connectivity index (χ4v) is 1.45. The van der Waals surface area contributed by atoms with Crippen LogP contribution in [0, 0.1) is 0 Å². The monoisotopic (exact) mass is 228 g/mol. The minimum absolute atomic E-state index is 0.254. The molecule has 0 radical (unpaired) electrons. The van der Waals surface area contributed by atoms with Crippen molar-refractivity contribution in [2.24, 2.45) is 0 Å². The topological polar surface area (TPSA) is 70.7 Å². The van der Waals surface area contributed by atoms with Gasteiger partial charge >= 0.3 is 0 Å². The van der Waals surface area contributed by atoms with Crippen molar-refractivity contribution in [3.8, 4) is 0 Å². The lowest BCUT2D eigenvalue weighted by Gasteiger charge is -2.13. The maximum atomic E-state index is 11.8. The van der Waals surface area contributed by atoms with Gasteiger partial charge in [-0.25, -0.2) is 4.98 Å². The third-order valence-corrected chi connectivity index (χ3v) is 2.30. The fraction of sp³-hybridized carbons (Fsp3) is 0.0833. The molecule has 0 saturated carbocycles. The van der Waals surface area contributed by atoms with Crippen LogP contribution in [0.25, 0.3) is 0 Å². The van der Waals surface area contributed by atoms with E-state index in [0.29, 0.717) is 0 Å². The molecule has 0 aliphatic rings. The van der Waals surface area contributed by atoms with Gasteiger partial charge in [0, 0.05) is 24.8 Å². The molecule has 5 nitrogen and oxygen atoms in total. The van der Waals surface area contributed by atoms with E-state index in [1.54, 1.807) is 24.7 Å². The fourth-order valence-electron chi connectivity index (χ4n) is 1.45. The zero-order valence-corrected chi connectivity index (χ0v) is 9.13. The number of H-pyrrole nitrogens is 1. The zero-order valence-electron chi connectivity index (χ0n) is 9.13. The highest BCUT2D eigenvalue weighted by Gasteiger charge is 2.13. The summed E-state index contributed by atoms with van der Waals surface area (Å²) in [5.74, 6) is 0.0163. The number of amides is 1. The van der Waals surface area contributed by atoms with E-state index in [1.165, 1.54) is 6.20 Å². The number of rotatable bonds is 4. The second-order valence-corrected chi connectivity index (χ2v) is 3.41. The molecule has 86 valence electrons. The SMILES string of the molecule is C=CC(NC(=O)c1ncc[nH]1)c1ccncc1. The van der Waals surface area contributed by atoms with Crippen LogP contribution in [0.3, 0.4) is 0 Å². The molecule has 1 unspecified atom stereocenters. The van der Waals surface area contributed by atoms with Crippen LogP contribution >= 0.6 is 0 Å². The lowest BCUT2D eigenvalue weighted by atomic mass is 10.1. The first-order valence-corrected chi connectivity index (χ1v) is 5.14. The molecule has 5 heteroatoms. The summed E-state index contributed by atoms with van der Waals surface area (Å²) in [5.41, 5.74) is 0.926. The molecule has 0 saturated heterocycles. The predicted octanol–water partition coefficient (Wildman–Crippen LogP) is 1.46. The highest BCUT2D eigenvalue weighted by molar-refractivity contribution is 5.90. The van der Waals surface area contributed by atoms with Crippen molar-refractivity contribution >= 4 is 5.91 Å². The quantitative estimate of drug-likeness (QED) is 0.778. The van der Waals surface area contributed by atoms with E-state index in [4.69, 9.17) is 0 Å². The van der Waals surface area contributed by atoms with Crippen LogP contribution in [0.4, 0.5) is 0 Å². The van der Waals surface area contributed by atoms with Gasteiger partial charge in [-0.05, 0) is 17.7 Å². The van der Waals surface area contributed by atoms with Crippen molar-refractivity contribution in [3.05, 3.63) is 61.0 Å². The summed E-state index contributed by atoms with van der Waals surface area (Å²) < 4.78 is 0. The number of imidazole rings is 1. The number of pyridine rings is 1. The molecule has 0 bridgehead atoms. The molecule has 2 N–H and O–H groups in total. The van der Waals surface area contributed by atoms with Crippen molar-refractivity contribution in [1.29, 1.82) is 0 Å². The summed E-state index contributed by atoms with van der Waals surface area (Å²) >= 11 is 0. The Morgan fingerprint density at radius 2 is 2.18 bits per heavy atom. The molecule has 0 aromatic carbocycles. The molecule has 0 fully saturated rings. The van der Waals surface area contributed by atoms with Crippen LogP contribution in [0.15, 0.2) is 49.6 Å². The number of hydrogen-bond donors (Lipinski definition) is 2. The van der Waals surface area contributed by atoms with Crippen LogP contribution in [0.5, 0.6) is 0 Å². The first kappa shape index (κ1) is 11.1. The van der Waals surface area contributed by atoms with Gasteiger partial charge in [-0.15, -0.1) is 6.58 Å². The summed E-state index contributed by atoms with van der Waals surface area (Å²) in [5, 5.41) is 2.81. The Kier molecular flexibility index (Phi) is 3.30. The number of aromatic nitrogens is 3. The molecular formula is C12H12N4O. The van der Waals surface area contributed by atoms with E-state index in [9.17, 15) is 4.79 Å². The van der Waals surface area contributed by atoms with Gasteiger partial charge in [0.25, 0.3) is 5.91 Å². The normalized spacial score (nSPS) is 11.8. The molecule has 2 aromatic rings. The largest absolute Gasteiger partial charge is 0.341 e. The molecule has 17 heavy (non-hydrogen) atoms. The van der Waals surface area contributed by atoms with Crippen LogP contribution in [0.1, 0.15) is 22.2 Å². The summed E-state index contributed by atoms with van der Waals surface area (Å²) in [6.07, 6.45) is 8.14. The van der Waals surface area contributed by atoms with Gasteiger partial charge in [-0.3, -0.25) is 9.78 Å². The second-order valence-electron chi connectivity index (χ2n) is 3.41. The van der Waals surface area contributed by atoms with E-state index in [-0.39, 0.29) is 17.8 Å². The number of carbonyl (C=O) groups excluding carboxylic acids is 1. The van der Waals surface area contributed by atoms with Crippen LogP contribution in [-0.4, -0.2) is 20.9 Å². The number of aromatic amines is 1. The highest BCUT2D eigenvalue weighted by Crippen LogP contribution is 2.12. The Bertz CT molecular complexity index is 492. The smallest absolute Gasteiger partial charge is 0.287 e. The zero-order chi connectivity index (χ0) is 12.1. The molecule has 0 aliphatic heterocycles. The minimum Gasteiger partial charge on any atom is -0.341 e. The van der Waals surface area contributed by atoms with Crippen molar-refractivity contribution in [3.63, 3.8) is 0 Å². The van der Waals surface area contributed by atoms with Crippen LogP contribution < -0.4 is 5.32 Å². The van der Waals surface area contributed by atoms with Crippen molar-refractivity contribution < 1.29 is 4.79 Å². The third-order valence-electron chi connectivity index (χ3n) is 2.30. The second kappa shape index (κ2) is 5.07. The maximum absolute atomic E-state index is 11.8. The van der Waals surface area contributed by atoms with Crippen molar-refractivity contribution in [2.75, 3.05) is 0 Å². The number of hydrogen-bond acceptors (Lipinski definition) is 3. The Hall–Kier alpha value is -2.43. The number of nitrogens with zero attached hydrogens (tertiary/aromatic N) is 2. The Balaban J connectivity index is 2.11. The summed E-state index contributed by atoms with van der Waals surface area (Å²) in [6, 6.07) is 3.40. The van der Waals surface area contributed by atoms with Gasteiger partial charge in [0.05, 0.1) is 6.04 Å². The molecule has 0 spiro atoms. The molecule has 2 heterocycles. The first-order valence-electron chi connectivity index (χ1n) is 5.14. The van der Waals surface area contributed by atoms with Gasteiger partial charge in [0.2, 0.25) is 0 Å². The minimum atomic E-state index is -0.267. The van der Waals surface area contributed by atoms with Crippen LogP contribution in [0.2, 0.25) is 0 Å². The highest BCUT2D eigenvalue weighted by atomic mass is 16.2. The summed E-state index contributed by atoms with van der Waals surface area (Å²) in [7, 11) is 0. The van der Waals surface area contributed by atoms with Gasteiger partial charge < -0.3 is 10.3 Å². The summed E-state index contributed by atoms with van der Waals surface area (Å²) in [4.78, 5) is 22.3. The van der Waals surface area contributed by atoms with Crippen molar-refractivity contribution in [1.82, 2.24) is 20.3 Å². The standard InChI is InChI=1S/C12H12N4O/c1-2-10(9-3-5-13-6-4-9)16-12(17)11-14-7-8-15-11/h2-8,10H,1H2,(H,14,15)(H,16,17). The Morgan fingerprint density at radius 3 is 2.76 bits per heavy atom. The van der Waals surface area contributed by atoms with E-state index in [0.717, 1.165) is 5.56 Å². The third kappa shape index (κ3) is 2.57. The van der Waals surface area contributed by atoms with Gasteiger partial charge in [-0.2, -0.15) is 0 Å². The van der Waals surface area contributed by atoms with Crippen LogP contribution in [-0.2, 0) is 0 Å². The van der Waals surface area contributed by atoms with E-state index < -0.39 is 0 Å². The average molecular weight is 228 g/mol. The predicted molar refractivity (Wildman–Crippen MR) is 63.2 cm³/mol. The molecule has 1 amide bonds. The molecule has 0 aliphatic carbocycles. The molecule has 2 rings (SSSR count). The van der Waals surface area contributed by atoms with E-state index >= 15 is 0 Å². The number of nitrogens with one attached hydrogen (secondary N) is 2. The van der Waals surface area contributed by atoms with Gasteiger partial charge in [0.1, 0.15) is 0 Å². The lowest BCUT2D eigenvalue weighted by molar-refractivity contribution is 0.0934. The van der Waals surface area contributed by atoms with Gasteiger partial charge in [0.15, 0.2) is 5.82 Å². The lowest BCUT2D eigenvalue weighted by Crippen LogP contribution is -2.28. The Morgan fingerprint density at radius 1 is 1.41 bits per heavy atom. The maximum Gasteiger partial charge on any atom is 0.287 e. The van der Waals surface area contributed by atoms with Gasteiger partial charge in [-0.1, -0.05) is 6.08 Å². The summed E-state index contributed by atoms with van der Waals surface area (Å²) in [6.45, 7) is 3.71.